The molecule has 248 valence electrons. The van der Waals surface area contributed by atoms with E-state index in [0.29, 0.717) is 37.7 Å². The molecule has 46 heavy (non-hydrogen) atoms. The lowest BCUT2D eigenvalue weighted by atomic mass is 9.99. The van der Waals surface area contributed by atoms with Crippen LogP contribution in [0.15, 0.2) is 41.1 Å². The summed E-state index contributed by atoms with van der Waals surface area (Å²) in [6.07, 6.45) is 1.59. The number of carbonyl (C=O) groups excluding carboxylic acids is 1. The van der Waals surface area contributed by atoms with E-state index in [1.807, 2.05) is 19.1 Å². The molecule has 3 N–H and O–H groups in total. The van der Waals surface area contributed by atoms with Crippen molar-refractivity contribution in [1.82, 2.24) is 25.1 Å². The summed E-state index contributed by atoms with van der Waals surface area (Å²) in [7, 11) is 0. The number of carbonyl (C=O) groups is 1. The minimum absolute atomic E-state index is 0.119. The summed E-state index contributed by atoms with van der Waals surface area (Å²) in [4.78, 5) is 29.3. The van der Waals surface area contributed by atoms with Gasteiger partial charge in [0, 0.05) is 63.5 Å². The van der Waals surface area contributed by atoms with Crippen molar-refractivity contribution in [3.05, 3.63) is 64.9 Å². The number of rotatable bonds is 11. The molecule has 0 unspecified atom stereocenters. The van der Waals surface area contributed by atoms with Gasteiger partial charge < -0.3 is 34.5 Å². The molecule has 0 bridgehead atoms. The van der Waals surface area contributed by atoms with Crippen molar-refractivity contribution in [2.75, 3.05) is 69.2 Å². The van der Waals surface area contributed by atoms with Gasteiger partial charge >= 0.3 is 0 Å². The van der Waals surface area contributed by atoms with Crippen LogP contribution in [-0.2, 0) is 24.3 Å². The maximum absolute atomic E-state index is 13.4. The van der Waals surface area contributed by atoms with Crippen LogP contribution in [0, 0.1) is 6.92 Å². The Bertz CT molecular complexity index is 1490. The topological polar surface area (TPSA) is 128 Å². The van der Waals surface area contributed by atoms with Gasteiger partial charge in [-0.2, -0.15) is 0 Å². The number of aryl methyl sites for hydroxylation is 1. The summed E-state index contributed by atoms with van der Waals surface area (Å²) in [5.74, 6) is 2.77. The number of aliphatic hydroxyl groups is 1. The Morgan fingerprint density at radius 1 is 1.11 bits per heavy atom. The number of anilines is 2. The molecule has 3 aliphatic heterocycles. The van der Waals surface area contributed by atoms with E-state index in [0.717, 1.165) is 68.7 Å². The van der Waals surface area contributed by atoms with E-state index in [4.69, 9.17) is 18.9 Å². The predicted octanol–water partition coefficient (Wildman–Crippen LogP) is 2.84. The zero-order chi connectivity index (χ0) is 32.3. The molecule has 3 aliphatic rings. The highest BCUT2D eigenvalue weighted by Crippen LogP contribution is 2.26. The number of benzene rings is 1. The normalized spacial score (nSPS) is 18.5. The molecule has 3 aromatic rings. The van der Waals surface area contributed by atoms with Crippen molar-refractivity contribution in [3.63, 3.8) is 0 Å². The zero-order valence-corrected chi connectivity index (χ0v) is 27.4. The molecule has 2 fully saturated rings. The second-order valence-electron chi connectivity index (χ2n) is 13.6. The molecule has 2 aromatic heterocycles. The van der Waals surface area contributed by atoms with E-state index in [-0.39, 0.29) is 24.0 Å². The second-order valence-corrected chi connectivity index (χ2v) is 13.6. The quantitative estimate of drug-likeness (QED) is 0.288. The van der Waals surface area contributed by atoms with E-state index < -0.39 is 6.10 Å². The number of aromatic nitrogens is 2. The summed E-state index contributed by atoms with van der Waals surface area (Å²) < 4.78 is 16.6. The Hall–Kier alpha value is -3.71. The number of oxazole rings is 1. The van der Waals surface area contributed by atoms with Crippen molar-refractivity contribution in [1.29, 1.82) is 0 Å². The number of fused-ring (bicyclic) bond motifs is 1. The van der Waals surface area contributed by atoms with Gasteiger partial charge in [-0.25, -0.2) is 9.97 Å². The molecule has 0 saturated carbocycles. The lowest BCUT2D eigenvalue weighted by Gasteiger charge is -2.42. The number of hydrogen-bond donors (Lipinski definition) is 3. The monoisotopic (exact) mass is 633 g/mol. The van der Waals surface area contributed by atoms with Crippen LogP contribution in [0.2, 0.25) is 0 Å². The lowest BCUT2D eigenvalue weighted by Crippen LogP contribution is -2.53. The average molecular weight is 634 g/mol. The number of ether oxygens (including phenoxy) is 2. The molecule has 0 aliphatic carbocycles. The number of aliphatic hydroxyl groups excluding tert-OH is 1. The lowest BCUT2D eigenvalue weighted by molar-refractivity contribution is 0.0209. The standard InChI is InChI=1S/C34H47N7O5/c1-23-30(46-22-36-23)21-45-29-6-5-25-17-39(8-7-24(25)13-29)18-28(42)16-35-33(43)26-14-31(37-27-19-44-20-27)38-32(15-26)40-9-11-41(12-10-40)34(2,3)4/h5-6,13-15,22,27-28,42H,7-12,16-21H2,1-4H3,(H,35,43)(H,37,38)/t28-/m0/s1. The first-order valence-corrected chi connectivity index (χ1v) is 16.3. The average Bonchev–Trinajstić information content (AvgIpc) is 3.44. The summed E-state index contributed by atoms with van der Waals surface area (Å²) >= 11 is 0. The highest BCUT2D eigenvalue weighted by atomic mass is 16.5. The van der Waals surface area contributed by atoms with Crippen LogP contribution in [0.1, 0.15) is 53.7 Å². The van der Waals surface area contributed by atoms with Gasteiger partial charge in [-0.3, -0.25) is 14.6 Å². The molecular weight excluding hydrogens is 586 g/mol. The number of β-amino-alcohol motifs (C(OH)–C–C–N with tert-alkyl or cyclic N) is 1. The minimum atomic E-state index is -0.699. The fourth-order valence-corrected chi connectivity index (χ4v) is 6.14. The molecule has 0 spiro atoms. The van der Waals surface area contributed by atoms with Crippen molar-refractivity contribution in [2.45, 2.75) is 65.0 Å². The largest absolute Gasteiger partial charge is 0.486 e. The van der Waals surface area contributed by atoms with Crippen molar-refractivity contribution < 1.29 is 23.8 Å². The van der Waals surface area contributed by atoms with Crippen molar-refractivity contribution >= 4 is 17.5 Å². The SMILES string of the molecule is Cc1ncoc1COc1ccc2c(c1)CCN(C[C@@H](O)CNC(=O)c1cc(NC3COC3)nc(N3CCN(C(C)(C)C)CC3)c1)C2. The number of amides is 1. The summed E-state index contributed by atoms with van der Waals surface area (Å²) in [6.45, 7) is 16.0. The fraction of sp³-hybridized carbons (Fsp3) is 0.559. The zero-order valence-electron chi connectivity index (χ0n) is 27.4. The fourth-order valence-electron chi connectivity index (χ4n) is 6.14. The molecule has 6 rings (SSSR count). The number of pyridine rings is 1. The van der Waals surface area contributed by atoms with Crippen LogP contribution in [-0.4, -0.2) is 107 Å². The smallest absolute Gasteiger partial charge is 0.251 e. The Morgan fingerprint density at radius 3 is 2.61 bits per heavy atom. The van der Waals surface area contributed by atoms with Gasteiger partial charge in [0.05, 0.1) is 31.1 Å². The third-order valence-electron chi connectivity index (χ3n) is 9.07. The Labute approximate surface area is 271 Å². The van der Waals surface area contributed by atoms with E-state index in [9.17, 15) is 9.90 Å². The maximum Gasteiger partial charge on any atom is 0.251 e. The Kier molecular flexibility index (Phi) is 9.78. The number of piperazine rings is 1. The van der Waals surface area contributed by atoms with Gasteiger partial charge in [0.2, 0.25) is 0 Å². The molecular formula is C34H47N7O5. The first-order valence-electron chi connectivity index (χ1n) is 16.3. The number of nitrogens with zero attached hydrogens (tertiary/aromatic N) is 5. The van der Waals surface area contributed by atoms with Crippen molar-refractivity contribution in [3.8, 4) is 5.75 Å². The van der Waals surface area contributed by atoms with Gasteiger partial charge in [0.1, 0.15) is 24.0 Å². The first kappa shape index (κ1) is 32.2. The molecule has 12 heteroatoms. The maximum atomic E-state index is 13.4. The van der Waals surface area contributed by atoms with E-state index >= 15 is 0 Å². The third kappa shape index (κ3) is 7.98. The molecule has 1 amide bonds. The van der Waals surface area contributed by atoms with Crippen LogP contribution < -0.4 is 20.3 Å². The second kappa shape index (κ2) is 14.0. The summed E-state index contributed by atoms with van der Waals surface area (Å²) in [5.41, 5.74) is 3.95. The van der Waals surface area contributed by atoms with E-state index in [1.165, 1.54) is 17.5 Å². The predicted molar refractivity (Wildman–Crippen MR) is 175 cm³/mol. The highest BCUT2D eigenvalue weighted by Gasteiger charge is 2.28. The van der Waals surface area contributed by atoms with Crippen LogP contribution in [0.3, 0.4) is 0 Å². The van der Waals surface area contributed by atoms with Crippen molar-refractivity contribution in [2.24, 2.45) is 0 Å². The number of nitrogens with one attached hydrogen (secondary N) is 2. The Morgan fingerprint density at radius 2 is 1.91 bits per heavy atom. The molecule has 0 radical (unpaired) electrons. The van der Waals surface area contributed by atoms with Crippen LogP contribution >= 0.6 is 0 Å². The minimum Gasteiger partial charge on any atom is -0.486 e. The van der Waals surface area contributed by atoms with Crippen LogP contribution in [0.25, 0.3) is 0 Å². The van der Waals surface area contributed by atoms with E-state index in [2.05, 4.69) is 63.2 Å². The van der Waals surface area contributed by atoms with Gasteiger partial charge in [-0.1, -0.05) is 6.07 Å². The highest BCUT2D eigenvalue weighted by molar-refractivity contribution is 5.95. The van der Waals surface area contributed by atoms with Gasteiger partial charge in [0.25, 0.3) is 5.91 Å². The molecule has 5 heterocycles. The first-order chi connectivity index (χ1) is 22.1. The van der Waals surface area contributed by atoms with Gasteiger partial charge in [-0.05, 0) is 69.5 Å². The van der Waals surface area contributed by atoms with Crippen LogP contribution in [0.4, 0.5) is 11.6 Å². The van der Waals surface area contributed by atoms with Gasteiger partial charge in [0.15, 0.2) is 12.2 Å². The summed E-state index contributed by atoms with van der Waals surface area (Å²) in [5, 5.41) is 17.3. The molecule has 1 atom stereocenters. The van der Waals surface area contributed by atoms with E-state index in [1.54, 1.807) is 6.07 Å². The molecule has 12 nitrogen and oxygen atoms in total. The number of hydrogen-bond acceptors (Lipinski definition) is 11. The molecule has 1 aromatic carbocycles. The molecule has 2 saturated heterocycles. The third-order valence-corrected chi connectivity index (χ3v) is 9.07. The summed E-state index contributed by atoms with van der Waals surface area (Å²) in [6, 6.07) is 9.99. The van der Waals surface area contributed by atoms with Gasteiger partial charge in [-0.15, -0.1) is 0 Å². The Balaban J connectivity index is 1.02. The van der Waals surface area contributed by atoms with Crippen LogP contribution in [0.5, 0.6) is 5.75 Å².